The Bertz CT molecular complexity index is 641. The topological polar surface area (TPSA) is 12.0 Å². The van der Waals surface area contributed by atoms with Gasteiger partial charge in [-0.05, 0) is 42.8 Å². The molecule has 2 aromatic rings. The first-order chi connectivity index (χ1) is 9.77. The van der Waals surface area contributed by atoms with Crippen LogP contribution in [0.2, 0.25) is 10.0 Å². The lowest BCUT2D eigenvalue weighted by atomic mass is 10.1. The van der Waals surface area contributed by atoms with Crippen LogP contribution in [-0.2, 0) is 6.18 Å². The third-order valence-electron chi connectivity index (χ3n) is 3.00. The van der Waals surface area contributed by atoms with Crippen LogP contribution in [0.3, 0.4) is 0 Å². The molecule has 2 aromatic carbocycles. The Kier molecular flexibility index (Phi) is 4.69. The summed E-state index contributed by atoms with van der Waals surface area (Å²) < 4.78 is 38.0. The molecule has 0 fully saturated rings. The number of anilines is 1. The fraction of sp³-hybridized carbons (Fsp3) is 0.200. The third kappa shape index (κ3) is 4.05. The first-order valence-corrected chi connectivity index (χ1v) is 6.91. The van der Waals surface area contributed by atoms with Crippen molar-refractivity contribution in [3.05, 3.63) is 63.6 Å². The molecule has 1 unspecified atom stereocenters. The Morgan fingerprint density at radius 3 is 2.38 bits per heavy atom. The molecule has 0 bridgehead atoms. The van der Waals surface area contributed by atoms with Crippen LogP contribution in [0.15, 0.2) is 42.5 Å². The lowest BCUT2D eigenvalue weighted by molar-refractivity contribution is -0.137. The monoisotopic (exact) mass is 333 g/mol. The van der Waals surface area contributed by atoms with Gasteiger partial charge >= 0.3 is 6.18 Å². The van der Waals surface area contributed by atoms with Gasteiger partial charge in [-0.15, -0.1) is 0 Å². The van der Waals surface area contributed by atoms with Gasteiger partial charge in [0.05, 0.1) is 5.56 Å². The maximum atomic E-state index is 12.7. The van der Waals surface area contributed by atoms with Crippen molar-refractivity contribution >= 4 is 28.9 Å². The van der Waals surface area contributed by atoms with E-state index in [1.54, 1.807) is 24.3 Å². The Morgan fingerprint density at radius 1 is 1.05 bits per heavy atom. The predicted octanol–water partition coefficient (Wildman–Crippen LogP) is 6.19. The molecule has 1 N–H and O–H groups in total. The zero-order valence-corrected chi connectivity index (χ0v) is 12.5. The highest BCUT2D eigenvalue weighted by molar-refractivity contribution is 6.35. The molecule has 0 spiro atoms. The predicted molar refractivity (Wildman–Crippen MR) is 79.9 cm³/mol. The number of hydrogen-bond acceptors (Lipinski definition) is 1. The van der Waals surface area contributed by atoms with Crippen molar-refractivity contribution in [3.8, 4) is 0 Å². The van der Waals surface area contributed by atoms with Gasteiger partial charge in [0.1, 0.15) is 0 Å². The summed E-state index contributed by atoms with van der Waals surface area (Å²) in [6.45, 7) is 1.81. The molecule has 0 radical (unpaired) electrons. The Morgan fingerprint density at radius 2 is 1.76 bits per heavy atom. The van der Waals surface area contributed by atoms with Crippen LogP contribution >= 0.6 is 23.2 Å². The van der Waals surface area contributed by atoms with Crippen molar-refractivity contribution in [2.45, 2.75) is 19.1 Å². The molecule has 21 heavy (non-hydrogen) atoms. The molecule has 0 heterocycles. The van der Waals surface area contributed by atoms with Gasteiger partial charge < -0.3 is 5.32 Å². The molecule has 2 rings (SSSR count). The lowest BCUT2D eigenvalue weighted by Crippen LogP contribution is -2.09. The average Bonchev–Trinajstić information content (AvgIpc) is 2.37. The van der Waals surface area contributed by atoms with E-state index in [4.69, 9.17) is 23.2 Å². The van der Waals surface area contributed by atoms with Gasteiger partial charge in [-0.1, -0.05) is 35.3 Å². The van der Waals surface area contributed by atoms with Crippen molar-refractivity contribution in [2.75, 3.05) is 5.32 Å². The van der Waals surface area contributed by atoms with Crippen LogP contribution in [0, 0.1) is 0 Å². The van der Waals surface area contributed by atoms with Gasteiger partial charge in [0.15, 0.2) is 0 Å². The van der Waals surface area contributed by atoms with Crippen LogP contribution in [-0.4, -0.2) is 0 Å². The summed E-state index contributed by atoms with van der Waals surface area (Å²) in [7, 11) is 0. The molecule has 1 nitrogen and oxygen atoms in total. The molecule has 0 aliphatic heterocycles. The van der Waals surface area contributed by atoms with Crippen molar-refractivity contribution in [3.63, 3.8) is 0 Å². The normalized spacial score (nSPS) is 13.0. The second kappa shape index (κ2) is 6.16. The molecular weight excluding hydrogens is 322 g/mol. The van der Waals surface area contributed by atoms with E-state index in [1.165, 1.54) is 6.07 Å². The van der Waals surface area contributed by atoms with Crippen LogP contribution < -0.4 is 5.32 Å². The fourth-order valence-electron chi connectivity index (χ4n) is 1.97. The molecule has 0 aromatic heterocycles. The van der Waals surface area contributed by atoms with Gasteiger partial charge in [-0.25, -0.2) is 0 Å². The van der Waals surface area contributed by atoms with Gasteiger partial charge in [-0.3, -0.25) is 0 Å². The van der Waals surface area contributed by atoms with Crippen molar-refractivity contribution in [1.82, 2.24) is 0 Å². The quantitative estimate of drug-likeness (QED) is 0.706. The van der Waals surface area contributed by atoms with Gasteiger partial charge in [0.25, 0.3) is 0 Å². The molecule has 112 valence electrons. The molecule has 0 amide bonds. The molecule has 6 heteroatoms. The summed E-state index contributed by atoms with van der Waals surface area (Å²) in [4.78, 5) is 0. The van der Waals surface area contributed by atoms with Crippen LogP contribution in [0.4, 0.5) is 18.9 Å². The SMILES string of the molecule is CC(Nc1cccc(C(F)(F)F)c1)c1ccc(Cl)cc1Cl. The van der Waals surface area contributed by atoms with Crippen LogP contribution in [0.1, 0.15) is 24.1 Å². The highest BCUT2D eigenvalue weighted by Crippen LogP contribution is 2.32. The molecule has 0 saturated heterocycles. The molecule has 0 saturated carbocycles. The molecule has 0 aliphatic carbocycles. The van der Waals surface area contributed by atoms with E-state index < -0.39 is 11.7 Å². The van der Waals surface area contributed by atoms with E-state index >= 15 is 0 Å². The van der Waals surface area contributed by atoms with E-state index in [1.807, 2.05) is 6.92 Å². The minimum atomic E-state index is -4.36. The van der Waals surface area contributed by atoms with Crippen LogP contribution in [0.5, 0.6) is 0 Å². The van der Waals surface area contributed by atoms with Gasteiger partial charge in [0.2, 0.25) is 0 Å². The van der Waals surface area contributed by atoms with E-state index in [2.05, 4.69) is 5.32 Å². The largest absolute Gasteiger partial charge is 0.416 e. The Hall–Kier alpha value is -1.39. The van der Waals surface area contributed by atoms with E-state index in [0.717, 1.165) is 17.7 Å². The van der Waals surface area contributed by atoms with Gasteiger partial charge in [0, 0.05) is 21.8 Å². The molecular formula is C15H12Cl2F3N. The summed E-state index contributed by atoms with van der Waals surface area (Å²) in [5.41, 5.74) is 0.448. The summed E-state index contributed by atoms with van der Waals surface area (Å²) >= 11 is 11.9. The second-order valence-corrected chi connectivity index (χ2v) is 5.45. The fourth-order valence-corrected chi connectivity index (χ4v) is 2.54. The average molecular weight is 334 g/mol. The molecule has 0 aliphatic rings. The maximum absolute atomic E-state index is 12.7. The zero-order chi connectivity index (χ0) is 15.6. The van der Waals surface area contributed by atoms with E-state index in [0.29, 0.717) is 15.7 Å². The van der Waals surface area contributed by atoms with Gasteiger partial charge in [-0.2, -0.15) is 13.2 Å². The summed E-state index contributed by atoms with van der Waals surface area (Å²) in [5.74, 6) is 0. The van der Waals surface area contributed by atoms with E-state index in [9.17, 15) is 13.2 Å². The smallest absolute Gasteiger partial charge is 0.378 e. The third-order valence-corrected chi connectivity index (χ3v) is 3.56. The highest BCUT2D eigenvalue weighted by atomic mass is 35.5. The maximum Gasteiger partial charge on any atom is 0.416 e. The van der Waals surface area contributed by atoms with Crippen LogP contribution in [0.25, 0.3) is 0 Å². The highest BCUT2D eigenvalue weighted by Gasteiger charge is 2.30. The number of halogens is 5. The Labute approximate surface area is 130 Å². The summed E-state index contributed by atoms with van der Waals surface area (Å²) in [6.07, 6.45) is -4.36. The van der Waals surface area contributed by atoms with E-state index in [-0.39, 0.29) is 6.04 Å². The second-order valence-electron chi connectivity index (χ2n) is 4.61. The number of rotatable bonds is 3. The van der Waals surface area contributed by atoms with Crippen molar-refractivity contribution in [2.24, 2.45) is 0 Å². The summed E-state index contributed by atoms with van der Waals surface area (Å²) in [5, 5.41) is 3.98. The van der Waals surface area contributed by atoms with Crippen molar-refractivity contribution in [1.29, 1.82) is 0 Å². The standard InChI is InChI=1S/C15H12Cl2F3N/c1-9(13-6-5-11(16)8-14(13)17)21-12-4-2-3-10(7-12)15(18,19)20/h2-9,21H,1H3. The first kappa shape index (κ1) is 16.0. The number of alkyl halides is 3. The minimum Gasteiger partial charge on any atom is -0.378 e. The Balaban J connectivity index is 2.21. The number of hydrogen-bond donors (Lipinski definition) is 1. The minimum absolute atomic E-state index is 0.252. The summed E-state index contributed by atoms with van der Waals surface area (Å²) in [6, 6.07) is 9.83. The van der Waals surface area contributed by atoms with Crippen molar-refractivity contribution < 1.29 is 13.2 Å². The first-order valence-electron chi connectivity index (χ1n) is 6.16. The number of benzene rings is 2. The molecule has 1 atom stereocenters. The lowest BCUT2D eigenvalue weighted by Gasteiger charge is -2.18. The number of nitrogens with one attached hydrogen (secondary N) is 1. The zero-order valence-electron chi connectivity index (χ0n) is 11.0.